The zero-order valence-electron chi connectivity index (χ0n) is 11.7. The first kappa shape index (κ1) is 13.6. The number of aryl methyl sites for hydroxylation is 1. The minimum absolute atomic E-state index is 0.484. The van der Waals surface area contributed by atoms with Crippen LogP contribution in [0.15, 0.2) is 53.9 Å². The van der Waals surface area contributed by atoms with Crippen molar-refractivity contribution in [1.29, 1.82) is 0 Å². The highest BCUT2D eigenvalue weighted by Crippen LogP contribution is 2.25. The van der Waals surface area contributed by atoms with Crippen LogP contribution in [0.5, 0.6) is 5.75 Å². The zero-order chi connectivity index (χ0) is 14.7. The molecule has 0 fully saturated rings. The second-order valence-electron chi connectivity index (χ2n) is 4.81. The molecular weight excluding hydrogens is 280 g/mol. The number of benzene rings is 2. The molecule has 4 heteroatoms. The Bertz CT molecular complexity index is 752. The number of aromatic nitrogens is 1. The van der Waals surface area contributed by atoms with Gasteiger partial charge in [-0.25, -0.2) is 4.98 Å². The Balaban J connectivity index is 1.72. The van der Waals surface area contributed by atoms with Crippen LogP contribution >= 0.6 is 11.3 Å². The lowest BCUT2D eigenvalue weighted by Crippen LogP contribution is -1.96. The van der Waals surface area contributed by atoms with Crippen molar-refractivity contribution in [3.05, 3.63) is 64.5 Å². The van der Waals surface area contributed by atoms with Crippen LogP contribution in [-0.4, -0.2) is 4.98 Å². The molecular formula is C17H16N2OS. The van der Waals surface area contributed by atoms with E-state index < -0.39 is 0 Å². The first-order chi connectivity index (χ1) is 10.2. The van der Waals surface area contributed by atoms with Crippen LogP contribution < -0.4 is 10.5 Å². The number of para-hydroxylation sites is 1. The number of rotatable bonds is 4. The summed E-state index contributed by atoms with van der Waals surface area (Å²) in [5, 5.41) is 2.99. The molecule has 0 amide bonds. The van der Waals surface area contributed by atoms with Gasteiger partial charge in [-0.15, -0.1) is 11.3 Å². The molecule has 3 rings (SSSR count). The maximum Gasteiger partial charge on any atom is 0.140 e. The lowest BCUT2D eigenvalue weighted by molar-refractivity contribution is 0.303. The van der Waals surface area contributed by atoms with Gasteiger partial charge in [0.25, 0.3) is 0 Å². The smallest absolute Gasteiger partial charge is 0.140 e. The summed E-state index contributed by atoms with van der Waals surface area (Å²) in [5.41, 5.74) is 9.66. The molecule has 0 atom stereocenters. The predicted molar refractivity (Wildman–Crippen MR) is 87.5 cm³/mol. The molecule has 0 bridgehead atoms. The summed E-state index contributed by atoms with van der Waals surface area (Å²) in [6.45, 7) is 2.52. The molecule has 0 saturated heterocycles. The number of anilines is 1. The molecule has 106 valence electrons. The first-order valence-electron chi connectivity index (χ1n) is 6.71. The van der Waals surface area contributed by atoms with E-state index in [-0.39, 0.29) is 0 Å². The van der Waals surface area contributed by atoms with Gasteiger partial charge < -0.3 is 10.5 Å². The molecule has 0 radical (unpaired) electrons. The van der Waals surface area contributed by atoms with E-state index in [4.69, 9.17) is 10.5 Å². The number of thiazole rings is 1. The van der Waals surface area contributed by atoms with Gasteiger partial charge >= 0.3 is 0 Å². The number of nitrogens with two attached hydrogens (primary N) is 1. The van der Waals surface area contributed by atoms with Crippen molar-refractivity contribution in [3.8, 4) is 17.0 Å². The Kier molecular flexibility index (Phi) is 3.88. The first-order valence-corrected chi connectivity index (χ1v) is 7.59. The Hall–Kier alpha value is -2.33. The van der Waals surface area contributed by atoms with Crippen molar-refractivity contribution < 1.29 is 4.74 Å². The molecule has 3 nitrogen and oxygen atoms in total. The van der Waals surface area contributed by atoms with Gasteiger partial charge in [0.15, 0.2) is 0 Å². The number of hydrogen-bond acceptors (Lipinski definition) is 4. The molecule has 0 saturated carbocycles. The second kappa shape index (κ2) is 5.97. The van der Waals surface area contributed by atoms with Crippen molar-refractivity contribution in [2.75, 3.05) is 5.73 Å². The van der Waals surface area contributed by atoms with E-state index in [2.05, 4.69) is 4.98 Å². The van der Waals surface area contributed by atoms with Crippen LogP contribution in [0.3, 0.4) is 0 Å². The van der Waals surface area contributed by atoms with Gasteiger partial charge in [-0.1, -0.05) is 30.3 Å². The Morgan fingerprint density at radius 1 is 1.14 bits per heavy atom. The molecule has 0 aliphatic rings. The summed E-state index contributed by atoms with van der Waals surface area (Å²) in [5.74, 6) is 0.901. The quantitative estimate of drug-likeness (QED) is 0.731. The molecule has 0 aliphatic heterocycles. The summed E-state index contributed by atoms with van der Waals surface area (Å²) < 4.78 is 5.82. The van der Waals surface area contributed by atoms with Crippen LogP contribution in [0.25, 0.3) is 11.3 Å². The summed E-state index contributed by atoms with van der Waals surface area (Å²) >= 11 is 1.60. The maximum atomic E-state index is 5.82. The number of nitrogens with zero attached hydrogens (tertiary/aromatic N) is 1. The molecule has 0 spiro atoms. The van der Waals surface area contributed by atoms with Gasteiger partial charge in [0.2, 0.25) is 0 Å². The average Bonchev–Trinajstić information content (AvgIpc) is 2.95. The molecule has 3 aromatic rings. The zero-order valence-corrected chi connectivity index (χ0v) is 12.6. The van der Waals surface area contributed by atoms with Crippen LogP contribution in [0, 0.1) is 6.92 Å². The van der Waals surface area contributed by atoms with Crippen LogP contribution in [0.2, 0.25) is 0 Å². The summed E-state index contributed by atoms with van der Waals surface area (Å²) in [6.07, 6.45) is 0. The van der Waals surface area contributed by atoms with Gasteiger partial charge in [-0.3, -0.25) is 0 Å². The van der Waals surface area contributed by atoms with E-state index in [0.29, 0.717) is 6.61 Å². The molecule has 1 aromatic heterocycles. The van der Waals surface area contributed by atoms with Gasteiger partial charge in [-0.05, 0) is 30.7 Å². The van der Waals surface area contributed by atoms with Crippen molar-refractivity contribution in [2.45, 2.75) is 13.5 Å². The van der Waals surface area contributed by atoms with E-state index >= 15 is 0 Å². The topological polar surface area (TPSA) is 48.1 Å². The largest absolute Gasteiger partial charge is 0.486 e. The Morgan fingerprint density at radius 3 is 2.81 bits per heavy atom. The highest BCUT2D eigenvalue weighted by Gasteiger charge is 2.06. The van der Waals surface area contributed by atoms with Crippen molar-refractivity contribution in [2.24, 2.45) is 0 Å². The predicted octanol–water partition coefficient (Wildman–Crippen LogP) is 4.28. The lowest BCUT2D eigenvalue weighted by atomic mass is 10.1. The van der Waals surface area contributed by atoms with E-state index in [1.165, 1.54) is 0 Å². The molecule has 2 aromatic carbocycles. The monoisotopic (exact) mass is 296 g/mol. The third-order valence-electron chi connectivity index (χ3n) is 3.18. The normalized spacial score (nSPS) is 10.5. The number of hydrogen-bond donors (Lipinski definition) is 1. The van der Waals surface area contributed by atoms with Crippen LogP contribution in [-0.2, 0) is 6.61 Å². The fraction of sp³-hybridized carbons (Fsp3) is 0.118. The fourth-order valence-electron chi connectivity index (χ4n) is 2.07. The Labute approximate surface area is 128 Å². The van der Waals surface area contributed by atoms with E-state index in [9.17, 15) is 0 Å². The number of ether oxygens (including phenoxy) is 1. The minimum atomic E-state index is 0.484. The third kappa shape index (κ3) is 3.23. The molecule has 2 N–H and O–H groups in total. The van der Waals surface area contributed by atoms with Gasteiger partial charge in [0.1, 0.15) is 17.4 Å². The summed E-state index contributed by atoms with van der Waals surface area (Å²) in [6, 6.07) is 15.7. The number of nitrogen functional groups attached to an aromatic ring is 1. The SMILES string of the molecule is Cc1ccccc1OCc1nc(-c2cccc(N)c2)cs1. The van der Waals surface area contributed by atoms with Crippen LogP contribution in [0.1, 0.15) is 10.6 Å². The van der Waals surface area contributed by atoms with E-state index in [0.717, 1.165) is 33.3 Å². The highest BCUT2D eigenvalue weighted by atomic mass is 32.1. The van der Waals surface area contributed by atoms with Gasteiger partial charge in [-0.2, -0.15) is 0 Å². The molecule has 0 aliphatic carbocycles. The second-order valence-corrected chi connectivity index (χ2v) is 5.75. The molecule has 0 unspecified atom stereocenters. The van der Waals surface area contributed by atoms with Crippen molar-refractivity contribution >= 4 is 17.0 Å². The van der Waals surface area contributed by atoms with Crippen molar-refractivity contribution in [1.82, 2.24) is 4.98 Å². The average molecular weight is 296 g/mol. The third-order valence-corrected chi connectivity index (χ3v) is 4.00. The van der Waals surface area contributed by atoms with E-state index in [1.807, 2.05) is 60.8 Å². The molecule has 1 heterocycles. The highest BCUT2D eigenvalue weighted by molar-refractivity contribution is 7.09. The maximum absolute atomic E-state index is 5.82. The Morgan fingerprint density at radius 2 is 2.00 bits per heavy atom. The van der Waals surface area contributed by atoms with Gasteiger partial charge in [0, 0.05) is 16.6 Å². The van der Waals surface area contributed by atoms with Crippen LogP contribution in [0.4, 0.5) is 5.69 Å². The lowest BCUT2D eigenvalue weighted by Gasteiger charge is -2.06. The summed E-state index contributed by atoms with van der Waals surface area (Å²) in [7, 11) is 0. The fourth-order valence-corrected chi connectivity index (χ4v) is 2.78. The standard InChI is InChI=1S/C17H16N2OS/c1-12-5-2-3-8-16(12)20-10-17-19-15(11-21-17)13-6-4-7-14(18)9-13/h2-9,11H,10,18H2,1H3. The van der Waals surface area contributed by atoms with E-state index in [1.54, 1.807) is 11.3 Å². The van der Waals surface area contributed by atoms with Gasteiger partial charge in [0.05, 0.1) is 5.69 Å². The minimum Gasteiger partial charge on any atom is -0.486 e. The molecule has 21 heavy (non-hydrogen) atoms. The van der Waals surface area contributed by atoms with Crippen molar-refractivity contribution in [3.63, 3.8) is 0 Å². The summed E-state index contributed by atoms with van der Waals surface area (Å²) in [4.78, 5) is 4.60.